The van der Waals surface area contributed by atoms with E-state index in [1.807, 2.05) is 0 Å². The molecule has 0 spiro atoms. The zero-order valence-corrected chi connectivity index (χ0v) is 11.0. The van der Waals surface area contributed by atoms with Crippen LogP contribution in [0.3, 0.4) is 0 Å². The number of halogens is 1. The van der Waals surface area contributed by atoms with E-state index < -0.39 is 0 Å². The maximum atomic E-state index is 2.44. The summed E-state index contributed by atoms with van der Waals surface area (Å²) in [5.74, 6) is 0.643. The Morgan fingerprint density at radius 2 is 1.92 bits per heavy atom. The highest BCUT2D eigenvalue weighted by molar-refractivity contribution is 14.1. The van der Waals surface area contributed by atoms with Crippen LogP contribution in [0, 0.1) is 10.5 Å². The van der Waals surface area contributed by atoms with Crippen LogP contribution in [0.1, 0.15) is 43.4 Å². The third kappa shape index (κ3) is 2.25. The molecule has 0 aliphatic heterocycles. The molecule has 0 saturated carbocycles. The molecule has 0 nitrogen and oxygen atoms in total. The van der Waals surface area contributed by atoms with Crippen molar-refractivity contribution >= 4 is 22.6 Å². The van der Waals surface area contributed by atoms with Crippen LogP contribution in [0.2, 0.25) is 0 Å². The summed E-state index contributed by atoms with van der Waals surface area (Å²) in [4.78, 5) is 0. The molecule has 13 heavy (non-hydrogen) atoms. The number of rotatable bonds is 2. The van der Waals surface area contributed by atoms with Crippen molar-refractivity contribution in [1.82, 2.24) is 0 Å². The van der Waals surface area contributed by atoms with E-state index in [9.17, 15) is 0 Å². The van der Waals surface area contributed by atoms with Gasteiger partial charge in [-0.05, 0) is 64.6 Å². The summed E-state index contributed by atoms with van der Waals surface area (Å²) in [7, 11) is 0. The van der Waals surface area contributed by atoms with Crippen LogP contribution in [-0.4, -0.2) is 0 Å². The molecule has 1 aromatic rings. The third-order valence-electron chi connectivity index (χ3n) is 2.45. The number of hydrogen-bond donors (Lipinski definition) is 0. The second-order valence-electron chi connectivity index (χ2n) is 3.76. The average Bonchev–Trinajstić information content (AvgIpc) is 2.07. The first-order chi connectivity index (χ1) is 6.07. The van der Waals surface area contributed by atoms with Gasteiger partial charge < -0.3 is 0 Å². The van der Waals surface area contributed by atoms with E-state index in [0.29, 0.717) is 5.92 Å². The lowest BCUT2D eigenvalue weighted by Crippen LogP contribution is -2.01. The van der Waals surface area contributed by atoms with E-state index in [2.05, 4.69) is 62.4 Å². The van der Waals surface area contributed by atoms with E-state index in [4.69, 9.17) is 0 Å². The summed E-state index contributed by atoms with van der Waals surface area (Å²) in [6.45, 7) is 9.00. The molecule has 1 rings (SSSR count). The van der Waals surface area contributed by atoms with Gasteiger partial charge >= 0.3 is 0 Å². The van der Waals surface area contributed by atoms with Gasteiger partial charge in [0.2, 0.25) is 0 Å². The zero-order valence-electron chi connectivity index (χ0n) is 8.82. The van der Waals surface area contributed by atoms with E-state index >= 15 is 0 Å². The predicted octanol–water partition coefficient (Wildman–Crippen LogP) is 4.29. The van der Waals surface area contributed by atoms with E-state index in [1.165, 1.54) is 14.7 Å². The number of benzene rings is 1. The second kappa shape index (κ2) is 4.45. The molecular weight excluding hydrogens is 271 g/mol. The van der Waals surface area contributed by atoms with Crippen LogP contribution in [0.4, 0.5) is 0 Å². The molecule has 0 saturated heterocycles. The number of hydrogen-bond acceptors (Lipinski definition) is 0. The summed E-state index contributed by atoms with van der Waals surface area (Å²) < 4.78 is 1.41. The van der Waals surface area contributed by atoms with E-state index in [-0.39, 0.29) is 0 Å². The third-order valence-corrected chi connectivity index (χ3v) is 3.46. The Morgan fingerprint density at radius 3 is 2.31 bits per heavy atom. The van der Waals surface area contributed by atoms with Gasteiger partial charge in [0, 0.05) is 3.57 Å². The van der Waals surface area contributed by atoms with Crippen LogP contribution < -0.4 is 0 Å². The van der Waals surface area contributed by atoms with Crippen molar-refractivity contribution in [1.29, 1.82) is 0 Å². The fraction of sp³-hybridized carbons (Fsp3) is 0.500. The highest BCUT2D eigenvalue weighted by Gasteiger charge is 2.10. The highest BCUT2D eigenvalue weighted by Crippen LogP contribution is 2.27. The molecule has 1 heteroatoms. The fourth-order valence-corrected chi connectivity index (χ4v) is 2.77. The van der Waals surface area contributed by atoms with E-state index in [0.717, 1.165) is 6.42 Å². The monoisotopic (exact) mass is 288 g/mol. The lowest BCUT2D eigenvalue weighted by Gasteiger charge is -2.16. The molecule has 0 bridgehead atoms. The van der Waals surface area contributed by atoms with Gasteiger partial charge in [-0.3, -0.25) is 0 Å². The van der Waals surface area contributed by atoms with Crippen molar-refractivity contribution in [2.24, 2.45) is 0 Å². The Bertz CT molecular complexity index is 300. The van der Waals surface area contributed by atoms with Crippen LogP contribution in [-0.2, 0) is 6.42 Å². The van der Waals surface area contributed by atoms with Gasteiger partial charge in [-0.2, -0.15) is 0 Å². The Hall–Kier alpha value is -0.0500. The minimum Gasteiger partial charge on any atom is -0.0612 e. The highest BCUT2D eigenvalue weighted by atomic mass is 127. The lowest BCUT2D eigenvalue weighted by atomic mass is 9.91. The molecule has 0 heterocycles. The number of aryl methyl sites for hydroxylation is 1. The Balaban J connectivity index is 3.35. The smallest absolute Gasteiger partial charge is 0.0165 e. The summed E-state index contributed by atoms with van der Waals surface area (Å²) in [6.07, 6.45) is 1.15. The van der Waals surface area contributed by atoms with Crippen LogP contribution in [0.5, 0.6) is 0 Å². The molecule has 0 N–H and O–H groups in total. The lowest BCUT2D eigenvalue weighted by molar-refractivity contribution is 0.831. The molecular formula is C12H17I. The minimum atomic E-state index is 0.643. The van der Waals surface area contributed by atoms with Crippen LogP contribution in [0.25, 0.3) is 0 Å². The summed E-state index contributed by atoms with van der Waals surface area (Å²) in [6, 6.07) is 4.46. The molecule has 0 amide bonds. The largest absolute Gasteiger partial charge is 0.0612 e. The molecule has 72 valence electrons. The van der Waals surface area contributed by atoms with Gasteiger partial charge in [0.1, 0.15) is 0 Å². The molecule has 0 atom stereocenters. The first-order valence-electron chi connectivity index (χ1n) is 4.85. The Kier molecular flexibility index (Phi) is 3.77. The average molecular weight is 288 g/mol. The fourth-order valence-electron chi connectivity index (χ4n) is 1.92. The first kappa shape index (κ1) is 11.0. The topological polar surface area (TPSA) is 0 Å². The SMILES string of the molecule is CCc1c(I)ccc(C)c1C(C)C. The van der Waals surface area contributed by atoms with Crippen molar-refractivity contribution in [2.45, 2.75) is 40.0 Å². The summed E-state index contributed by atoms with van der Waals surface area (Å²) in [5, 5.41) is 0. The second-order valence-corrected chi connectivity index (χ2v) is 4.93. The van der Waals surface area contributed by atoms with Crippen molar-refractivity contribution in [3.05, 3.63) is 32.4 Å². The van der Waals surface area contributed by atoms with Crippen molar-refractivity contribution in [3.8, 4) is 0 Å². The molecule has 0 unspecified atom stereocenters. The maximum Gasteiger partial charge on any atom is 0.0165 e. The van der Waals surface area contributed by atoms with Crippen molar-refractivity contribution in [2.75, 3.05) is 0 Å². The van der Waals surface area contributed by atoms with Gasteiger partial charge in [-0.15, -0.1) is 0 Å². The van der Waals surface area contributed by atoms with Gasteiger partial charge in [-0.25, -0.2) is 0 Å². The predicted molar refractivity (Wildman–Crippen MR) is 67.4 cm³/mol. The molecule has 0 aromatic heterocycles. The van der Waals surface area contributed by atoms with Crippen molar-refractivity contribution < 1.29 is 0 Å². The van der Waals surface area contributed by atoms with Gasteiger partial charge in [0.25, 0.3) is 0 Å². The maximum absolute atomic E-state index is 2.44. The van der Waals surface area contributed by atoms with Gasteiger partial charge in [0.15, 0.2) is 0 Å². The van der Waals surface area contributed by atoms with Crippen LogP contribution >= 0.6 is 22.6 Å². The van der Waals surface area contributed by atoms with E-state index in [1.54, 1.807) is 5.56 Å². The minimum absolute atomic E-state index is 0.643. The standard InChI is InChI=1S/C12H17I/c1-5-10-11(13)7-6-9(4)12(10)8(2)3/h6-8H,5H2,1-4H3. The normalized spacial score (nSPS) is 10.9. The Labute approximate surface area is 94.9 Å². The first-order valence-corrected chi connectivity index (χ1v) is 5.93. The molecule has 0 fully saturated rings. The van der Waals surface area contributed by atoms with Gasteiger partial charge in [0.05, 0.1) is 0 Å². The quantitative estimate of drug-likeness (QED) is 0.712. The van der Waals surface area contributed by atoms with Crippen molar-refractivity contribution in [3.63, 3.8) is 0 Å². The van der Waals surface area contributed by atoms with Gasteiger partial charge in [-0.1, -0.05) is 26.8 Å². The summed E-state index contributed by atoms with van der Waals surface area (Å²) in [5.41, 5.74) is 4.53. The molecule has 0 aliphatic carbocycles. The Morgan fingerprint density at radius 1 is 1.31 bits per heavy atom. The van der Waals surface area contributed by atoms with Crippen LogP contribution in [0.15, 0.2) is 12.1 Å². The molecule has 0 aliphatic rings. The summed E-state index contributed by atoms with van der Waals surface area (Å²) >= 11 is 2.44. The zero-order chi connectivity index (χ0) is 10.0. The molecule has 1 aromatic carbocycles. The molecule has 0 radical (unpaired) electrons.